The van der Waals surface area contributed by atoms with Gasteiger partial charge in [-0.1, -0.05) is 0 Å². The summed E-state index contributed by atoms with van der Waals surface area (Å²) in [5.74, 6) is 0.259. The number of phenolic OH excluding ortho intramolecular Hbond substituents is 2. The van der Waals surface area contributed by atoms with Gasteiger partial charge in [-0.2, -0.15) is 0 Å². The van der Waals surface area contributed by atoms with Gasteiger partial charge in [-0.05, 0) is 29.8 Å². The first kappa shape index (κ1) is 18.0. The lowest BCUT2D eigenvalue weighted by Gasteiger charge is -2.28. The lowest BCUT2D eigenvalue weighted by molar-refractivity contribution is 0.241. The molecule has 3 heterocycles. The second-order valence-electron chi connectivity index (χ2n) is 6.70. The van der Waals surface area contributed by atoms with Crippen LogP contribution in [0.2, 0.25) is 0 Å². The van der Waals surface area contributed by atoms with Crippen LogP contribution in [0.15, 0.2) is 41.5 Å². The highest BCUT2D eigenvalue weighted by Crippen LogP contribution is 2.36. The number of fused-ring (bicyclic) bond motifs is 1. The molecule has 0 radical (unpaired) electrons. The first-order valence-corrected chi connectivity index (χ1v) is 8.89. The normalized spacial score (nSPS) is 13.9. The number of benzene rings is 1. The predicted molar refractivity (Wildman–Crippen MR) is 102 cm³/mol. The van der Waals surface area contributed by atoms with E-state index in [1.807, 2.05) is 12.1 Å². The third kappa shape index (κ3) is 3.41. The number of hydrogen-bond donors (Lipinski definition) is 3. The van der Waals surface area contributed by atoms with E-state index in [1.54, 1.807) is 18.5 Å². The average molecular weight is 380 g/mol. The Hall–Kier alpha value is -3.39. The maximum atomic E-state index is 12.6. The summed E-state index contributed by atoms with van der Waals surface area (Å²) >= 11 is 0. The van der Waals surface area contributed by atoms with Crippen LogP contribution in [0.5, 0.6) is 17.2 Å². The minimum absolute atomic E-state index is 0.146. The molecule has 0 aliphatic carbocycles. The maximum Gasteiger partial charge on any atom is 0.255 e. The van der Waals surface area contributed by atoms with Crippen LogP contribution in [0.1, 0.15) is 16.8 Å². The Kier molecular flexibility index (Phi) is 4.70. The molecule has 1 aliphatic rings. The van der Waals surface area contributed by atoms with Crippen molar-refractivity contribution in [1.29, 1.82) is 0 Å². The van der Waals surface area contributed by atoms with E-state index in [1.165, 1.54) is 13.2 Å². The number of aromatic hydroxyl groups is 2. The molecule has 3 aromatic rings. The summed E-state index contributed by atoms with van der Waals surface area (Å²) in [5, 5.41) is 19.6. The third-order valence-corrected chi connectivity index (χ3v) is 4.84. The Morgan fingerprint density at radius 1 is 1.25 bits per heavy atom. The molecule has 8 nitrogen and oxygen atoms in total. The van der Waals surface area contributed by atoms with Gasteiger partial charge in [0.1, 0.15) is 5.82 Å². The molecule has 3 N–H and O–H groups in total. The number of nitrogens with one attached hydrogen (secondary N) is 1. The number of H-pyrrole nitrogens is 1. The van der Waals surface area contributed by atoms with E-state index in [0.717, 1.165) is 23.4 Å². The van der Waals surface area contributed by atoms with Crippen molar-refractivity contribution in [2.75, 3.05) is 13.7 Å². The maximum absolute atomic E-state index is 12.6. The molecule has 144 valence electrons. The van der Waals surface area contributed by atoms with Gasteiger partial charge in [0, 0.05) is 44.0 Å². The monoisotopic (exact) mass is 380 g/mol. The number of hydrogen-bond acceptors (Lipinski definition) is 7. The highest BCUT2D eigenvalue weighted by Gasteiger charge is 2.22. The van der Waals surface area contributed by atoms with E-state index in [4.69, 9.17) is 4.74 Å². The van der Waals surface area contributed by atoms with Crippen molar-refractivity contribution in [2.45, 2.75) is 19.5 Å². The van der Waals surface area contributed by atoms with E-state index in [0.29, 0.717) is 30.9 Å². The Morgan fingerprint density at radius 2 is 2.04 bits per heavy atom. The highest BCUT2D eigenvalue weighted by molar-refractivity contribution is 5.54. The van der Waals surface area contributed by atoms with Crippen LogP contribution < -0.4 is 10.3 Å². The number of aromatic nitrogens is 3. The van der Waals surface area contributed by atoms with Crippen molar-refractivity contribution < 1.29 is 14.9 Å². The molecule has 0 bridgehead atoms. The number of methoxy groups -OCH3 is 1. The van der Waals surface area contributed by atoms with Crippen molar-refractivity contribution in [3.63, 3.8) is 0 Å². The van der Waals surface area contributed by atoms with Crippen molar-refractivity contribution in [2.24, 2.45) is 0 Å². The minimum atomic E-state index is -0.278. The van der Waals surface area contributed by atoms with E-state index in [9.17, 15) is 15.0 Å². The molecule has 0 saturated carbocycles. The smallest absolute Gasteiger partial charge is 0.255 e. The molecule has 2 aromatic heterocycles. The largest absolute Gasteiger partial charge is 0.504 e. The van der Waals surface area contributed by atoms with Crippen LogP contribution >= 0.6 is 0 Å². The van der Waals surface area contributed by atoms with Gasteiger partial charge in [0.15, 0.2) is 11.5 Å². The zero-order chi connectivity index (χ0) is 19.7. The average Bonchev–Trinajstić information content (AvgIpc) is 2.71. The van der Waals surface area contributed by atoms with Crippen LogP contribution in [0.4, 0.5) is 0 Å². The van der Waals surface area contributed by atoms with Gasteiger partial charge in [-0.25, -0.2) is 4.98 Å². The van der Waals surface area contributed by atoms with Gasteiger partial charge in [-0.3, -0.25) is 14.7 Å². The van der Waals surface area contributed by atoms with Gasteiger partial charge < -0.3 is 19.9 Å². The molecule has 0 spiro atoms. The van der Waals surface area contributed by atoms with Gasteiger partial charge in [0.25, 0.3) is 5.56 Å². The number of nitrogens with zero attached hydrogens (tertiary/aromatic N) is 3. The Labute approximate surface area is 161 Å². The minimum Gasteiger partial charge on any atom is -0.504 e. The molecular weight excluding hydrogens is 360 g/mol. The van der Waals surface area contributed by atoms with E-state index >= 15 is 0 Å². The number of pyridine rings is 1. The van der Waals surface area contributed by atoms with Gasteiger partial charge >= 0.3 is 0 Å². The van der Waals surface area contributed by atoms with Crippen LogP contribution in [-0.2, 0) is 19.5 Å². The van der Waals surface area contributed by atoms with Crippen molar-refractivity contribution >= 4 is 0 Å². The number of phenols is 2. The lowest BCUT2D eigenvalue weighted by Crippen LogP contribution is -2.35. The fourth-order valence-electron chi connectivity index (χ4n) is 3.42. The van der Waals surface area contributed by atoms with Crippen molar-refractivity contribution in [3.05, 3.63) is 63.8 Å². The standard InChI is InChI=1S/C20H20N4O4/c1-28-17-9-12(8-16(25)18(17)26)10-24-7-4-15-14(11-24)20(27)23-19(22-15)13-2-5-21-6-3-13/h2-3,5-6,8-9,25-26H,4,7,10-11H2,1H3,(H,22,23,27). The zero-order valence-electron chi connectivity index (χ0n) is 15.3. The topological polar surface area (TPSA) is 112 Å². The molecule has 1 aromatic carbocycles. The molecule has 0 atom stereocenters. The van der Waals surface area contributed by atoms with E-state index in [-0.39, 0.29) is 22.8 Å². The summed E-state index contributed by atoms with van der Waals surface area (Å²) in [7, 11) is 1.43. The predicted octanol–water partition coefficient (Wildman–Crippen LogP) is 1.81. The quantitative estimate of drug-likeness (QED) is 0.592. The summed E-state index contributed by atoms with van der Waals surface area (Å²) in [5.41, 5.74) is 2.92. The Morgan fingerprint density at radius 3 is 2.79 bits per heavy atom. The number of rotatable bonds is 4. The Bertz CT molecular complexity index is 1070. The molecule has 0 unspecified atom stereocenters. The molecule has 0 amide bonds. The first-order chi connectivity index (χ1) is 13.5. The van der Waals surface area contributed by atoms with Gasteiger partial charge in [0.2, 0.25) is 5.75 Å². The molecule has 28 heavy (non-hydrogen) atoms. The number of ether oxygens (including phenoxy) is 1. The van der Waals surface area contributed by atoms with Crippen LogP contribution in [0.3, 0.4) is 0 Å². The second-order valence-corrected chi connectivity index (χ2v) is 6.70. The van der Waals surface area contributed by atoms with Crippen molar-refractivity contribution in [3.8, 4) is 28.6 Å². The fourth-order valence-corrected chi connectivity index (χ4v) is 3.42. The van der Waals surface area contributed by atoms with Crippen LogP contribution in [0, 0.1) is 0 Å². The summed E-state index contributed by atoms with van der Waals surface area (Å²) in [4.78, 5) is 26.2. The molecule has 4 rings (SSSR count). The molecule has 0 saturated heterocycles. The van der Waals surface area contributed by atoms with E-state index in [2.05, 4.69) is 19.9 Å². The number of aromatic amines is 1. The lowest BCUT2D eigenvalue weighted by atomic mass is 10.1. The first-order valence-electron chi connectivity index (χ1n) is 8.89. The van der Waals surface area contributed by atoms with Crippen LogP contribution in [0.25, 0.3) is 11.4 Å². The van der Waals surface area contributed by atoms with E-state index < -0.39 is 0 Å². The molecular formula is C20H20N4O4. The molecule has 8 heteroatoms. The third-order valence-electron chi connectivity index (χ3n) is 4.84. The fraction of sp³-hybridized carbons (Fsp3) is 0.250. The molecule has 0 fully saturated rings. The Balaban J connectivity index is 1.57. The zero-order valence-corrected chi connectivity index (χ0v) is 15.3. The van der Waals surface area contributed by atoms with Crippen LogP contribution in [-0.4, -0.2) is 43.7 Å². The van der Waals surface area contributed by atoms with Gasteiger partial charge in [-0.15, -0.1) is 0 Å². The molecule has 1 aliphatic heterocycles. The summed E-state index contributed by atoms with van der Waals surface area (Å²) in [6, 6.07) is 6.80. The van der Waals surface area contributed by atoms with Crippen molar-refractivity contribution in [1.82, 2.24) is 19.9 Å². The summed E-state index contributed by atoms with van der Waals surface area (Å²) in [6.45, 7) is 1.69. The summed E-state index contributed by atoms with van der Waals surface area (Å²) < 4.78 is 5.09. The highest BCUT2D eigenvalue weighted by atomic mass is 16.5. The second kappa shape index (κ2) is 7.32. The van der Waals surface area contributed by atoms with Gasteiger partial charge in [0.05, 0.1) is 18.4 Å². The summed E-state index contributed by atoms with van der Waals surface area (Å²) in [6.07, 6.45) is 3.98. The SMILES string of the molecule is COc1cc(CN2CCc3nc(-c4ccncc4)[nH]c(=O)c3C2)cc(O)c1O.